The normalized spacial score (nSPS) is 16.5. The molecule has 0 amide bonds. The highest BCUT2D eigenvalue weighted by Gasteiger charge is 2.20. The fourth-order valence-electron chi connectivity index (χ4n) is 0.395. The van der Waals surface area contributed by atoms with E-state index in [1.807, 2.05) is 13.8 Å². The molecule has 2 N–H and O–H groups in total. The zero-order chi connectivity index (χ0) is 9.07. The molecule has 0 saturated carbocycles. The lowest BCUT2D eigenvalue weighted by Crippen LogP contribution is -2.24. The van der Waals surface area contributed by atoms with Gasteiger partial charge < -0.3 is 10.2 Å². The number of aliphatic hydroxyl groups is 2. The average molecular weight is 156 g/mol. The van der Waals surface area contributed by atoms with Gasteiger partial charge >= 0.3 is 0 Å². The minimum absolute atomic E-state index is 0.434. The molecule has 11 heavy (non-hydrogen) atoms. The lowest BCUT2D eigenvalue weighted by molar-refractivity contribution is 0.105. The Bertz CT molecular complexity index is 170. The van der Waals surface area contributed by atoms with Gasteiger partial charge in [-0.1, -0.05) is 11.8 Å². The van der Waals surface area contributed by atoms with Gasteiger partial charge in [-0.05, 0) is 27.7 Å². The summed E-state index contributed by atoms with van der Waals surface area (Å²) in [5.41, 5.74) is -0.434. The van der Waals surface area contributed by atoms with E-state index in [2.05, 4.69) is 11.8 Å². The van der Waals surface area contributed by atoms with Crippen LogP contribution in [0.2, 0.25) is 0 Å². The summed E-state index contributed by atoms with van der Waals surface area (Å²) in [5.74, 6) is 5.42. The van der Waals surface area contributed by atoms with Crippen LogP contribution < -0.4 is 0 Å². The van der Waals surface area contributed by atoms with Gasteiger partial charge in [0.25, 0.3) is 0 Å². The molecule has 0 saturated heterocycles. The predicted molar refractivity (Wildman–Crippen MR) is 44.9 cm³/mol. The first-order valence-corrected chi connectivity index (χ1v) is 3.75. The number of aliphatic hydroxyl groups excluding tert-OH is 2. The van der Waals surface area contributed by atoms with Crippen molar-refractivity contribution >= 4 is 0 Å². The highest BCUT2D eigenvalue weighted by Crippen LogP contribution is 2.18. The average Bonchev–Trinajstić information content (AvgIpc) is 1.84. The van der Waals surface area contributed by atoms with E-state index in [1.165, 1.54) is 0 Å². The van der Waals surface area contributed by atoms with Crippen LogP contribution in [0.5, 0.6) is 0 Å². The van der Waals surface area contributed by atoms with Crippen molar-refractivity contribution in [3.8, 4) is 11.8 Å². The van der Waals surface area contributed by atoms with Gasteiger partial charge in [0, 0.05) is 0 Å². The van der Waals surface area contributed by atoms with Crippen molar-refractivity contribution in [1.29, 1.82) is 0 Å². The molecule has 0 aliphatic heterocycles. The Morgan fingerprint density at radius 1 is 1.18 bits per heavy atom. The summed E-state index contributed by atoms with van der Waals surface area (Å²) >= 11 is 0. The smallest absolute Gasteiger partial charge is 0.111 e. The van der Waals surface area contributed by atoms with E-state index in [4.69, 9.17) is 5.11 Å². The maximum absolute atomic E-state index is 9.21. The summed E-state index contributed by atoms with van der Waals surface area (Å²) < 4.78 is 0. The van der Waals surface area contributed by atoms with E-state index >= 15 is 0 Å². The molecule has 0 aromatic rings. The molecule has 2 atom stereocenters. The van der Waals surface area contributed by atoms with E-state index in [0.717, 1.165) is 0 Å². The van der Waals surface area contributed by atoms with Crippen LogP contribution >= 0.6 is 0 Å². The van der Waals surface area contributed by atoms with Crippen LogP contribution in [0, 0.1) is 17.3 Å². The summed E-state index contributed by atoms with van der Waals surface area (Å²) in [5, 5.41) is 18.1. The molecule has 0 aliphatic carbocycles. The van der Waals surface area contributed by atoms with E-state index in [1.54, 1.807) is 13.8 Å². The van der Waals surface area contributed by atoms with Gasteiger partial charge in [0.15, 0.2) is 0 Å². The number of rotatable bonds is 1. The van der Waals surface area contributed by atoms with Crippen molar-refractivity contribution in [1.82, 2.24) is 0 Å². The second kappa shape index (κ2) is 3.75. The van der Waals surface area contributed by atoms with Crippen LogP contribution in [-0.2, 0) is 0 Å². The topological polar surface area (TPSA) is 40.5 Å². The lowest BCUT2D eigenvalue weighted by Gasteiger charge is -2.20. The van der Waals surface area contributed by atoms with Crippen molar-refractivity contribution < 1.29 is 10.2 Å². The maximum Gasteiger partial charge on any atom is 0.111 e. The number of hydrogen-bond donors (Lipinski definition) is 2. The quantitative estimate of drug-likeness (QED) is 0.551. The fourth-order valence-corrected chi connectivity index (χ4v) is 0.395. The molecule has 0 aliphatic rings. The zero-order valence-electron chi connectivity index (χ0n) is 7.55. The Hall–Kier alpha value is -0.520. The summed E-state index contributed by atoms with van der Waals surface area (Å²) in [6.45, 7) is 6.97. The third-order valence-corrected chi connectivity index (χ3v) is 1.65. The van der Waals surface area contributed by atoms with Crippen LogP contribution in [0.15, 0.2) is 0 Å². The monoisotopic (exact) mass is 156 g/mol. The van der Waals surface area contributed by atoms with Crippen molar-refractivity contribution in [2.75, 3.05) is 0 Å². The first kappa shape index (κ1) is 10.5. The summed E-state index contributed by atoms with van der Waals surface area (Å²) in [7, 11) is 0. The standard InChI is InChI=1S/C9H16O2/c1-7(10)5-6-9(3,4)8(2)11/h7-8,10-11H,1-4H3. The molecule has 0 rings (SSSR count). The Labute approximate surface area is 68.2 Å². The van der Waals surface area contributed by atoms with Crippen molar-refractivity contribution in [3.05, 3.63) is 0 Å². The van der Waals surface area contributed by atoms with Gasteiger partial charge in [0.1, 0.15) is 6.10 Å². The first-order chi connectivity index (χ1) is 4.86. The summed E-state index contributed by atoms with van der Waals surface area (Å²) in [4.78, 5) is 0. The summed E-state index contributed by atoms with van der Waals surface area (Å²) in [6.07, 6.45) is -1.10. The van der Waals surface area contributed by atoms with Crippen molar-refractivity contribution in [3.63, 3.8) is 0 Å². The molecule has 0 fully saturated rings. The molecule has 0 heterocycles. The van der Waals surface area contributed by atoms with Gasteiger partial charge in [-0.25, -0.2) is 0 Å². The molecule has 0 spiro atoms. The van der Waals surface area contributed by atoms with Crippen LogP contribution in [0.3, 0.4) is 0 Å². The molecule has 2 heteroatoms. The SMILES string of the molecule is CC(O)C#CC(C)(C)C(C)O. The third kappa shape index (κ3) is 4.02. The van der Waals surface area contributed by atoms with E-state index in [-0.39, 0.29) is 0 Å². The second-order valence-electron chi connectivity index (χ2n) is 3.34. The predicted octanol–water partition coefficient (Wildman–Crippen LogP) is 0.778. The van der Waals surface area contributed by atoms with E-state index in [9.17, 15) is 5.11 Å². The van der Waals surface area contributed by atoms with E-state index < -0.39 is 17.6 Å². The molecule has 2 unspecified atom stereocenters. The zero-order valence-corrected chi connectivity index (χ0v) is 7.55. The first-order valence-electron chi connectivity index (χ1n) is 3.75. The van der Waals surface area contributed by atoms with E-state index in [0.29, 0.717) is 0 Å². The molecule has 0 aromatic heterocycles. The van der Waals surface area contributed by atoms with Crippen LogP contribution in [-0.4, -0.2) is 22.4 Å². The minimum atomic E-state index is -0.618. The van der Waals surface area contributed by atoms with Gasteiger partial charge in [-0.3, -0.25) is 0 Å². The fraction of sp³-hybridized carbons (Fsp3) is 0.778. The largest absolute Gasteiger partial charge is 0.392 e. The molecule has 64 valence electrons. The maximum atomic E-state index is 9.21. The van der Waals surface area contributed by atoms with Crippen LogP contribution in [0.1, 0.15) is 27.7 Å². The highest BCUT2D eigenvalue weighted by atomic mass is 16.3. The van der Waals surface area contributed by atoms with Gasteiger partial charge in [-0.15, -0.1) is 0 Å². The third-order valence-electron chi connectivity index (χ3n) is 1.65. The molecule has 0 aromatic carbocycles. The lowest BCUT2D eigenvalue weighted by atomic mass is 9.88. The second-order valence-corrected chi connectivity index (χ2v) is 3.34. The van der Waals surface area contributed by atoms with Crippen LogP contribution in [0.25, 0.3) is 0 Å². The van der Waals surface area contributed by atoms with Crippen molar-refractivity contribution in [2.45, 2.75) is 39.9 Å². The Balaban J connectivity index is 4.26. The van der Waals surface area contributed by atoms with Crippen molar-refractivity contribution in [2.24, 2.45) is 5.41 Å². The van der Waals surface area contributed by atoms with Gasteiger partial charge in [0.05, 0.1) is 11.5 Å². The Morgan fingerprint density at radius 2 is 1.64 bits per heavy atom. The molecule has 0 radical (unpaired) electrons. The minimum Gasteiger partial charge on any atom is -0.392 e. The molecule has 2 nitrogen and oxygen atoms in total. The molecule has 0 bridgehead atoms. The Morgan fingerprint density at radius 3 is 1.91 bits per heavy atom. The Kier molecular flexibility index (Phi) is 3.57. The molecular formula is C9H16O2. The van der Waals surface area contributed by atoms with Crippen LogP contribution in [0.4, 0.5) is 0 Å². The van der Waals surface area contributed by atoms with Gasteiger partial charge in [0.2, 0.25) is 0 Å². The molecular weight excluding hydrogens is 140 g/mol. The summed E-state index contributed by atoms with van der Waals surface area (Å²) in [6, 6.07) is 0. The highest BCUT2D eigenvalue weighted by molar-refractivity contribution is 5.13. The number of hydrogen-bond acceptors (Lipinski definition) is 2. The van der Waals surface area contributed by atoms with Gasteiger partial charge in [-0.2, -0.15) is 0 Å².